The first-order valence-electron chi connectivity index (χ1n) is 6.47. The second kappa shape index (κ2) is 10.1. The molecule has 102 valence electrons. The number of hydrogen-bond acceptors (Lipinski definition) is 1. The average Bonchev–Trinajstić information content (AvgIpc) is 2.36. The van der Waals surface area contributed by atoms with E-state index in [0.29, 0.717) is 0 Å². The van der Waals surface area contributed by atoms with Crippen molar-refractivity contribution in [3.8, 4) is 0 Å². The number of nitrogens with zero attached hydrogens (tertiary/aromatic N) is 1. The Morgan fingerprint density at radius 1 is 1.11 bits per heavy atom. The molecule has 1 heteroatoms. The Balaban J connectivity index is 5.36. The Kier molecular flexibility index (Phi) is 9.07. The Morgan fingerprint density at radius 2 is 1.79 bits per heavy atom. The lowest BCUT2D eigenvalue weighted by atomic mass is 10.0. The van der Waals surface area contributed by atoms with Gasteiger partial charge >= 0.3 is 0 Å². The third kappa shape index (κ3) is 7.93. The molecule has 0 aliphatic carbocycles. The number of rotatable bonds is 7. The summed E-state index contributed by atoms with van der Waals surface area (Å²) in [7, 11) is 0. The minimum absolute atomic E-state index is 0.943. The van der Waals surface area contributed by atoms with Gasteiger partial charge < -0.3 is 0 Å². The van der Waals surface area contributed by atoms with Crippen molar-refractivity contribution in [2.24, 2.45) is 4.99 Å². The summed E-state index contributed by atoms with van der Waals surface area (Å²) < 4.78 is 0. The molecule has 19 heavy (non-hydrogen) atoms. The van der Waals surface area contributed by atoms with Crippen LogP contribution in [-0.4, -0.2) is 6.72 Å². The van der Waals surface area contributed by atoms with Crippen LogP contribution in [-0.2, 0) is 0 Å². The Bertz CT molecular complexity index is 450. The molecule has 0 unspecified atom stereocenters. The smallest absolute Gasteiger partial charge is 0.0339 e. The molecule has 0 aromatic carbocycles. The van der Waals surface area contributed by atoms with Crippen LogP contribution in [0.2, 0.25) is 0 Å². The van der Waals surface area contributed by atoms with Gasteiger partial charge in [-0.15, -0.1) is 0 Å². The van der Waals surface area contributed by atoms with Gasteiger partial charge in [-0.05, 0) is 52.0 Å². The van der Waals surface area contributed by atoms with E-state index in [0.717, 1.165) is 17.6 Å². The summed E-state index contributed by atoms with van der Waals surface area (Å²) in [4.78, 5) is 3.88. The molecule has 0 aliphatic heterocycles. The van der Waals surface area contributed by atoms with Crippen LogP contribution in [0.4, 0.5) is 0 Å². The molecule has 0 rings (SSSR count). The largest absolute Gasteiger partial charge is 0.272 e. The molecule has 0 aromatic heterocycles. The van der Waals surface area contributed by atoms with E-state index in [-0.39, 0.29) is 0 Å². The summed E-state index contributed by atoms with van der Waals surface area (Å²) in [6.45, 7) is 15.7. The molecule has 1 nitrogen and oxygen atoms in total. The van der Waals surface area contributed by atoms with Crippen molar-refractivity contribution in [2.45, 2.75) is 34.1 Å². The minimum Gasteiger partial charge on any atom is -0.272 e. The van der Waals surface area contributed by atoms with Gasteiger partial charge in [0.2, 0.25) is 0 Å². The zero-order valence-electron chi connectivity index (χ0n) is 12.6. The van der Waals surface area contributed by atoms with Gasteiger partial charge in [-0.2, -0.15) is 0 Å². The van der Waals surface area contributed by atoms with Crippen LogP contribution in [0.5, 0.6) is 0 Å². The molecule has 0 bridgehead atoms. The lowest BCUT2D eigenvalue weighted by molar-refractivity contribution is 1.19. The Morgan fingerprint density at radius 3 is 2.26 bits per heavy atom. The molecule has 0 amide bonds. The van der Waals surface area contributed by atoms with E-state index in [1.54, 1.807) is 6.20 Å². The van der Waals surface area contributed by atoms with E-state index >= 15 is 0 Å². The molecular formula is C18H25N. The predicted octanol–water partition coefficient (Wildman–Crippen LogP) is 5.56. The van der Waals surface area contributed by atoms with Crippen molar-refractivity contribution < 1.29 is 0 Å². The standard InChI is InChI=1S/C18H25N/c1-7-9-10-16(5)13-18(14-19-6)17(8-2)12-11-15(3)4/h7-9,11-14H,2,6,10H2,1,3-5H3/b9-7-,16-13-,17-12+,18-14+. The number of allylic oxidation sites excluding steroid dienone is 10. The fourth-order valence-electron chi connectivity index (χ4n) is 1.46. The zero-order chi connectivity index (χ0) is 14.7. The van der Waals surface area contributed by atoms with Gasteiger partial charge in [-0.25, -0.2) is 0 Å². The summed E-state index contributed by atoms with van der Waals surface area (Å²) >= 11 is 0. The van der Waals surface area contributed by atoms with Crippen molar-refractivity contribution >= 4 is 6.72 Å². The van der Waals surface area contributed by atoms with Gasteiger partial charge in [-0.1, -0.05) is 54.2 Å². The van der Waals surface area contributed by atoms with Crippen molar-refractivity contribution in [3.05, 3.63) is 71.5 Å². The van der Waals surface area contributed by atoms with Gasteiger partial charge in [0, 0.05) is 6.20 Å². The second-order valence-corrected chi connectivity index (χ2v) is 4.60. The van der Waals surface area contributed by atoms with Crippen molar-refractivity contribution in [1.29, 1.82) is 0 Å². The van der Waals surface area contributed by atoms with Crippen LogP contribution in [0, 0.1) is 0 Å². The van der Waals surface area contributed by atoms with Gasteiger partial charge in [0.1, 0.15) is 0 Å². The number of aliphatic imine (C=N–C) groups is 1. The quantitative estimate of drug-likeness (QED) is 0.321. The van der Waals surface area contributed by atoms with Gasteiger partial charge in [0.05, 0.1) is 0 Å². The molecule has 0 saturated carbocycles. The van der Waals surface area contributed by atoms with E-state index in [2.05, 4.69) is 69.4 Å². The fourth-order valence-corrected chi connectivity index (χ4v) is 1.46. The highest BCUT2D eigenvalue weighted by Gasteiger charge is 1.98. The van der Waals surface area contributed by atoms with E-state index in [1.807, 2.05) is 13.0 Å². The highest BCUT2D eigenvalue weighted by atomic mass is 14.6. The molecule has 0 saturated heterocycles. The maximum absolute atomic E-state index is 3.88. The predicted molar refractivity (Wildman–Crippen MR) is 88.5 cm³/mol. The fraction of sp³-hybridized carbons (Fsp3) is 0.278. The van der Waals surface area contributed by atoms with Crippen molar-refractivity contribution in [3.63, 3.8) is 0 Å². The molecule has 0 atom stereocenters. The first kappa shape index (κ1) is 17.1. The average molecular weight is 255 g/mol. The second-order valence-electron chi connectivity index (χ2n) is 4.60. The topological polar surface area (TPSA) is 12.4 Å². The molecule has 0 spiro atoms. The Hall–Kier alpha value is -1.89. The van der Waals surface area contributed by atoms with Crippen LogP contribution in [0.3, 0.4) is 0 Å². The molecule has 0 aliphatic rings. The lowest BCUT2D eigenvalue weighted by Crippen LogP contribution is -1.85. The van der Waals surface area contributed by atoms with E-state index in [1.165, 1.54) is 11.1 Å². The Labute approximate surface area is 118 Å². The summed E-state index contributed by atoms with van der Waals surface area (Å²) in [5.41, 5.74) is 4.61. The SMILES string of the molecule is C=CC(=C\C=C(C)C)/C(/C=C(/C)C/C=C\C)=C/N=C. The number of hydrogen-bond donors (Lipinski definition) is 0. The molecular weight excluding hydrogens is 230 g/mol. The van der Waals surface area contributed by atoms with Gasteiger partial charge in [-0.3, -0.25) is 4.99 Å². The summed E-state index contributed by atoms with van der Waals surface area (Å²) in [6, 6.07) is 0. The summed E-state index contributed by atoms with van der Waals surface area (Å²) in [5, 5.41) is 0. The normalized spacial score (nSPS) is 13.6. The maximum atomic E-state index is 3.88. The molecule has 0 N–H and O–H groups in total. The molecule has 0 heterocycles. The van der Waals surface area contributed by atoms with Crippen LogP contribution < -0.4 is 0 Å². The van der Waals surface area contributed by atoms with E-state index in [4.69, 9.17) is 0 Å². The minimum atomic E-state index is 0.943. The van der Waals surface area contributed by atoms with Crippen LogP contribution in [0.1, 0.15) is 34.1 Å². The highest BCUT2D eigenvalue weighted by molar-refractivity contribution is 5.49. The zero-order valence-corrected chi connectivity index (χ0v) is 12.6. The third-order valence-corrected chi connectivity index (χ3v) is 2.46. The highest BCUT2D eigenvalue weighted by Crippen LogP contribution is 2.17. The monoisotopic (exact) mass is 255 g/mol. The lowest BCUT2D eigenvalue weighted by Gasteiger charge is -2.04. The van der Waals surface area contributed by atoms with Crippen LogP contribution in [0.15, 0.2) is 76.5 Å². The van der Waals surface area contributed by atoms with E-state index < -0.39 is 0 Å². The van der Waals surface area contributed by atoms with Crippen molar-refractivity contribution in [2.75, 3.05) is 0 Å². The third-order valence-electron chi connectivity index (χ3n) is 2.46. The molecule has 0 radical (unpaired) electrons. The molecule has 0 aromatic rings. The van der Waals surface area contributed by atoms with E-state index in [9.17, 15) is 0 Å². The summed E-state index contributed by atoms with van der Waals surface area (Å²) in [6.07, 6.45) is 15.0. The van der Waals surface area contributed by atoms with Crippen molar-refractivity contribution in [1.82, 2.24) is 0 Å². The summed E-state index contributed by atoms with van der Waals surface area (Å²) in [5.74, 6) is 0. The maximum Gasteiger partial charge on any atom is 0.0339 e. The van der Waals surface area contributed by atoms with Gasteiger partial charge in [0.15, 0.2) is 0 Å². The first-order chi connectivity index (χ1) is 9.04. The van der Waals surface area contributed by atoms with Crippen LogP contribution >= 0.6 is 0 Å². The first-order valence-corrected chi connectivity index (χ1v) is 6.47. The molecule has 0 fully saturated rings. The van der Waals surface area contributed by atoms with Gasteiger partial charge in [0.25, 0.3) is 0 Å². The van der Waals surface area contributed by atoms with Crippen LogP contribution in [0.25, 0.3) is 0 Å².